The monoisotopic (exact) mass is 328 g/mol. The van der Waals surface area contributed by atoms with Gasteiger partial charge in [-0.15, -0.1) is 0 Å². The molecule has 2 fully saturated rings. The average molecular weight is 329 g/mol. The molecule has 132 valence electrons. The first-order valence-corrected chi connectivity index (χ1v) is 9.73. The van der Waals surface area contributed by atoms with E-state index in [-0.39, 0.29) is 11.3 Å². The van der Waals surface area contributed by atoms with Crippen LogP contribution in [0, 0.1) is 11.8 Å². The molecule has 1 heterocycles. The fourth-order valence-corrected chi connectivity index (χ4v) is 4.62. The van der Waals surface area contributed by atoms with E-state index in [1.165, 1.54) is 44.1 Å². The first kappa shape index (κ1) is 17.5. The topological polar surface area (TPSA) is 41.1 Å². The van der Waals surface area contributed by atoms with Crippen LogP contribution in [-0.4, -0.2) is 25.5 Å². The van der Waals surface area contributed by atoms with Crippen molar-refractivity contribution in [3.8, 4) is 0 Å². The Morgan fingerprint density at radius 2 is 1.88 bits per heavy atom. The van der Waals surface area contributed by atoms with Crippen molar-refractivity contribution in [1.29, 1.82) is 0 Å². The van der Waals surface area contributed by atoms with Crippen molar-refractivity contribution in [2.75, 3.05) is 19.6 Å². The summed E-state index contributed by atoms with van der Waals surface area (Å²) in [5.41, 5.74) is 1.56. The molecule has 1 aliphatic heterocycles. The van der Waals surface area contributed by atoms with Crippen molar-refractivity contribution < 1.29 is 4.79 Å². The molecule has 0 bridgehead atoms. The molecule has 2 N–H and O–H groups in total. The molecular weight excluding hydrogens is 296 g/mol. The predicted molar refractivity (Wildman–Crippen MR) is 99.0 cm³/mol. The SMILES string of the molecule is CC(CC(=O)NCC1(c2ccccc2)CCCC1)C1CCNCC1. The standard InChI is InChI=1S/C21H32N2O/c1-17(18-9-13-22-14-10-18)15-20(24)23-16-21(11-5-6-12-21)19-7-3-2-4-8-19/h2-4,7-8,17-18,22H,5-6,9-16H2,1H3,(H,23,24). The summed E-state index contributed by atoms with van der Waals surface area (Å²) in [6, 6.07) is 10.8. The fourth-order valence-electron chi connectivity index (χ4n) is 4.62. The molecule has 1 aromatic carbocycles. The van der Waals surface area contributed by atoms with Gasteiger partial charge in [-0.05, 0) is 56.2 Å². The van der Waals surface area contributed by atoms with E-state index >= 15 is 0 Å². The van der Waals surface area contributed by atoms with Crippen molar-refractivity contribution >= 4 is 5.91 Å². The second-order valence-electron chi connectivity index (χ2n) is 7.90. The minimum absolute atomic E-state index is 0.162. The Hall–Kier alpha value is -1.35. The van der Waals surface area contributed by atoms with Crippen molar-refractivity contribution in [2.24, 2.45) is 11.8 Å². The van der Waals surface area contributed by atoms with Crippen LogP contribution in [0.15, 0.2) is 30.3 Å². The number of carbonyl (C=O) groups is 1. The molecule has 3 nitrogen and oxygen atoms in total. The molecule has 24 heavy (non-hydrogen) atoms. The van der Waals surface area contributed by atoms with Gasteiger partial charge in [-0.3, -0.25) is 4.79 Å². The summed E-state index contributed by atoms with van der Waals surface area (Å²) in [6.45, 7) is 5.26. The van der Waals surface area contributed by atoms with E-state index in [9.17, 15) is 4.79 Å². The number of nitrogens with one attached hydrogen (secondary N) is 2. The number of benzene rings is 1. The van der Waals surface area contributed by atoms with E-state index in [0.717, 1.165) is 19.6 Å². The zero-order valence-electron chi connectivity index (χ0n) is 15.0. The van der Waals surface area contributed by atoms with Gasteiger partial charge in [0.15, 0.2) is 0 Å². The lowest BCUT2D eigenvalue weighted by molar-refractivity contribution is -0.122. The summed E-state index contributed by atoms with van der Waals surface area (Å²) in [4.78, 5) is 12.5. The van der Waals surface area contributed by atoms with Crippen LogP contribution in [0.25, 0.3) is 0 Å². The molecule has 1 saturated carbocycles. The molecule has 3 heteroatoms. The number of amides is 1. The number of hydrogen-bond donors (Lipinski definition) is 2. The third kappa shape index (κ3) is 4.18. The lowest BCUT2D eigenvalue weighted by Crippen LogP contribution is -2.40. The molecule has 0 radical (unpaired) electrons. The van der Waals surface area contributed by atoms with Crippen molar-refractivity contribution in [3.63, 3.8) is 0 Å². The van der Waals surface area contributed by atoms with E-state index in [0.29, 0.717) is 18.3 Å². The Morgan fingerprint density at radius 1 is 1.21 bits per heavy atom. The van der Waals surface area contributed by atoms with Crippen LogP contribution in [0.5, 0.6) is 0 Å². The van der Waals surface area contributed by atoms with Crippen LogP contribution in [0.2, 0.25) is 0 Å². The number of carbonyl (C=O) groups excluding carboxylic acids is 1. The first-order chi connectivity index (χ1) is 11.7. The lowest BCUT2D eigenvalue weighted by atomic mass is 9.78. The van der Waals surface area contributed by atoms with E-state index in [1.54, 1.807) is 0 Å². The molecule has 0 spiro atoms. The normalized spacial score (nSPS) is 22.2. The highest BCUT2D eigenvalue weighted by atomic mass is 16.1. The summed E-state index contributed by atoms with van der Waals surface area (Å²) in [5.74, 6) is 1.43. The van der Waals surface area contributed by atoms with Crippen LogP contribution < -0.4 is 10.6 Å². The summed E-state index contributed by atoms with van der Waals surface area (Å²) < 4.78 is 0. The smallest absolute Gasteiger partial charge is 0.220 e. The van der Waals surface area contributed by atoms with Gasteiger partial charge in [-0.25, -0.2) is 0 Å². The van der Waals surface area contributed by atoms with Crippen molar-refractivity contribution in [1.82, 2.24) is 10.6 Å². The maximum atomic E-state index is 12.5. The highest BCUT2D eigenvalue weighted by Crippen LogP contribution is 2.40. The molecule has 1 aliphatic carbocycles. The van der Waals surface area contributed by atoms with Crippen LogP contribution >= 0.6 is 0 Å². The Balaban J connectivity index is 1.54. The highest BCUT2D eigenvalue weighted by Gasteiger charge is 2.35. The zero-order chi connectivity index (χ0) is 16.8. The first-order valence-electron chi connectivity index (χ1n) is 9.73. The summed E-state index contributed by atoms with van der Waals surface area (Å²) in [5, 5.41) is 6.69. The highest BCUT2D eigenvalue weighted by molar-refractivity contribution is 5.76. The Kier molecular flexibility index (Phi) is 5.94. The van der Waals surface area contributed by atoms with E-state index in [2.05, 4.69) is 47.9 Å². The van der Waals surface area contributed by atoms with Crippen molar-refractivity contribution in [3.05, 3.63) is 35.9 Å². The minimum atomic E-state index is 0.162. The van der Waals surface area contributed by atoms with E-state index in [4.69, 9.17) is 0 Å². The second kappa shape index (κ2) is 8.15. The fraction of sp³-hybridized carbons (Fsp3) is 0.667. The van der Waals surface area contributed by atoms with Gasteiger partial charge in [0.1, 0.15) is 0 Å². The molecule has 1 amide bonds. The Bertz CT molecular complexity index is 516. The summed E-state index contributed by atoms with van der Waals surface area (Å²) >= 11 is 0. The maximum absolute atomic E-state index is 12.5. The molecule has 3 rings (SSSR count). The summed E-state index contributed by atoms with van der Waals surface area (Å²) in [6.07, 6.45) is 8.04. The third-order valence-electron chi connectivity index (χ3n) is 6.27. The van der Waals surface area contributed by atoms with E-state index < -0.39 is 0 Å². The third-order valence-corrected chi connectivity index (χ3v) is 6.27. The molecule has 0 aromatic heterocycles. The van der Waals surface area contributed by atoms with Crippen LogP contribution in [0.4, 0.5) is 0 Å². The quantitative estimate of drug-likeness (QED) is 0.837. The van der Waals surface area contributed by atoms with Crippen LogP contribution in [-0.2, 0) is 10.2 Å². The van der Waals surface area contributed by atoms with Gasteiger partial charge >= 0.3 is 0 Å². The van der Waals surface area contributed by atoms with Gasteiger partial charge in [0.2, 0.25) is 5.91 Å². The largest absolute Gasteiger partial charge is 0.355 e. The van der Waals surface area contributed by atoms with Gasteiger partial charge in [0.05, 0.1) is 0 Å². The van der Waals surface area contributed by atoms with Gasteiger partial charge < -0.3 is 10.6 Å². The maximum Gasteiger partial charge on any atom is 0.220 e. The van der Waals surface area contributed by atoms with Gasteiger partial charge in [0.25, 0.3) is 0 Å². The van der Waals surface area contributed by atoms with Gasteiger partial charge in [-0.1, -0.05) is 50.1 Å². The van der Waals surface area contributed by atoms with Gasteiger partial charge in [-0.2, -0.15) is 0 Å². The van der Waals surface area contributed by atoms with Gasteiger partial charge in [0, 0.05) is 18.4 Å². The Labute approximate surface area is 146 Å². The molecule has 1 unspecified atom stereocenters. The lowest BCUT2D eigenvalue weighted by Gasteiger charge is -2.31. The molecular formula is C21H32N2O. The minimum Gasteiger partial charge on any atom is -0.355 e. The Morgan fingerprint density at radius 3 is 2.54 bits per heavy atom. The predicted octanol–water partition coefficient (Wildman–Crippen LogP) is 3.64. The van der Waals surface area contributed by atoms with Crippen LogP contribution in [0.3, 0.4) is 0 Å². The zero-order valence-corrected chi connectivity index (χ0v) is 15.0. The average Bonchev–Trinajstić information content (AvgIpc) is 3.12. The van der Waals surface area contributed by atoms with Crippen molar-refractivity contribution in [2.45, 2.75) is 57.3 Å². The van der Waals surface area contributed by atoms with Crippen LogP contribution in [0.1, 0.15) is 57.4 Å². The molecule has 1 aromatic rings. The second-order valence-corrected chi connectivity index (χ2v) is 7.90. The number of hydrogen-bond acceptors (Lipinski definition) is 2. The molecule has 1 saturated heterocycles. The summed E-state index contributed by atoms with van der Waals surface area (Å²) in [7, 11) is 0. The molecule has 1 atom stereocenters. The number of rotatable bonds is 6. The van der Waals surface area contributed by atoms with E-state index in [1.807, 2.05) is 0 Å². The molecule has 2 aliphatic rings. The number of piperidine rings is 1.